The van der Waals surface area contributed by atoms with E-state index in [0.29, 0.717) is 12.3 Å². The lowest BCUT2D eigenvalue weighted by molar-refractivity contribution is -0.671. The summed E-state index contributed by atoms with van der Waals surface area (Å²) in [5.41, 5.74) is 3.47. The van der Waals surface area contributed by atoms with Crippen LogP contribution in [0, 0.1) is 5.92 Å². The van der Waals surface area contributed by atoms with Gasteiger partial charge in [-0.25, -0.2) is 4.57 Å². The van der Waals surface area contributed by atoms with E-state index in [1.54, 1.807) is 19.0 Å². The number of carbonyl (C=O) groups excluding carboxylic acids is 2. The molecule has 0 saturated carbocycles. The summed E-state index contributed by atoms with van der Waals surface area (Å²) >= 11 is 1.23. The third-order valence-corrected chi connectivity index (χ3v) is 6.54. The normalized spacial score (nSPS) is 16.2. The second-order valence-corrected chi connectivity index (χ2v) is 9.35. The van der Waals surface area contributed by atoms with Crippen LogP contribution in [0.2, 0.25) is 0 Å². The minimum absolute atomic E-state index is 0.0132. The van der Waals surface area contributed by atoms with Gasteiger partial charge in [0.05, 0.1) is 5.92 Å². The van der Waals surface area contributed by atoms with Crippen LogP contribution < -0.4 is 14.8 Å². The summed E-state index contributed by atoms with van der Waals surface area (Å²) in [7, 11) is 5.47. The van der Waals surface area contributed by atoms with E-state index in [0.717, 1.165) is 37.2 Å². The van der Waals surface area contributed by atoms with Crippen molar-refractivity contribution in [1.82, 2.24) is 10.2 Å². The van der Waals surface area contributed by atoms with Crippen molar-refractivity contribution in [2.24, 2.45) is 13.0 Å². The standard InChI is InChI=1S/C25H32N4O2S/c1-27(2)25(31)32-18-14-26-24(30)22-5-4-15-29(19-22)23-10-8-20(9-11-23)6-7-21-12-16-28(3)17-13-21/h6-13,16-17,22H,4-5,14-15,18-19H2,1-3H3/p+1. The van der Waals surface area contributed by atoms with Gasteiger partial charge in [0, 0.05) is 57.3 Å². The zero-order chi connectivity index (χ0) is 22.9. The van der Waals surface area contributed by atoms with E-state index >= 15 is 0 Å². The van der Waals surface area contributed by atoms with E-state index in [4.69, 9.17) is 0 Å². The first-order chi connectivity index (χ1) is 15.4. The number of benzene rings is 1. The number of pyridine rings is 1. The first kappa shape index (κ1) is 23.9. The van der Waals surface area contributed by atoms with Gasteiger partial charge < -0.3 is 15.1 Å². The number of aryl methyl sites for hydroxylation is 1. The molecule has 7 heteroatoms. The molecule has 1 aliphatic rings. The minimum atomic E-state index is -0.0164. The maximum absolute atomic E-state index is 12.6. The average molecular weight is 454 g/mol. The topological polar surface area (TPSA) is 56.5 Å². The Balaban J connectivity index is 1.49. The molecule has 6 nitrogen and oxygen atoms in total. The van der Waals surface area contributed by atoms with Crippen molar-refractivity contribution in [3.05, 3.63) is 59.9 Å². The second kappa shape index (κ2) is 11.7. The number of anilines is 1. The summed E-state index contributed by atoms with van der Waals surface area (Å²) in [6, 6.07) is 12.7. The predicted molar refractivity (Wildman–Crippen MR) is 132 cm³/mol. The maximum Gasteiger partial charge on any atom is 0.281 e. The zero-order valence-electron chi connectivity index (χ0n) is 19.2. The fourth-order valence-corrected chi connectivity index (χ4v) is 4.26. The van der Waals surface area contributed by atoms with Gasteiger partial charge in [-0.3, -0.25) is 9.59 Å². The second-order valence-electron chi connectivity index (χ2n) is 8.31. The highest BCUT2D eigenvalue weighted by molar-refractivity contribution is 8.13. The van der Waals surface area contributed by atoms with Gasteiger partial charge in [0.1, 0.15) is 7.05 Å². The van der Waals surface area contributed by atoms with Crippen LogP contribution in [0.1, 0.15) is 24.0 Å². The highest BCUT2D eigenvalue weighted by Crippen LogP contribution is 2.24. The summed E-state index contributed by atoms with van der Waals surface area (Å²) in [6.07, 6.45) is 10.2. The molecular weight excluding hydrogens is 420 g/mol. The number of carbonyl (C=O) groups is 2. The number of rotatable bonds is 7. The average Bonchev–Trinajstić information content (AvgIpc) is 2.81. The number of aromatic nitrogens is 1. The first-order valence-electron chi connectivity index (χ1n) is 11.0. The summed E-state index contributed by atoms with van der Waals surface area (Å²) in [4.78, 5) is 28.0. The van der Waals surface area contributed by atoms with E-state index in [1.165, 1.54) is 17.3 Å². The van der Waals surface area contributed by atoms with Crippen LogP contribution in [0.3, 0.4) is 0 Å². The van der Waals surface area contributed by atoms with Gasteiger partial charge in [-0.05, 0) is 36.1 Å². The third kappa shape index (κ3) is 7.12. The predicted octanol–water partition coefficient (Wildman–Crippen LogP) is 3.43. The molecule has 1 aromatic heterocycles. The fraction of sp³-hybridized carbons (Fsp3) is 0.400. The van der Waals surface area contributed by atoms with Crippen LogP contribution >= 0.6 is 11.8 Å². The zero-order valence-corrected chi connectivity index (χ0v) is 20.0. The summed E-state index contributed by atoms with van der Waals surface area (Å²) in [5, 5.41) is 3.01. The number of amides is 2. The SMILES string of the molecule is CN(C)C(=O)SCCNC(=O)C1CCCN(c2ccc(/C=C/c3cc[n+](C)cc3)cc2)C1. The van der Waals surface area contributed by atoms with Crippen LogP contribution in [0.25, 0.3) is 12.2 Å². The van der Waals surface area contributed by atoms with Gasteiger partial charge in [-0.2, -0.15) is 0 Å². The van der Waals surface area contributed by atoms with Crippen molar-refractivity contribution in [2.45, 2.75) is 12.8 Å². The number of nitrogens with zero attached hydrogens (tertiary/aromatic N) is 3. The Morgan fingerprint density at radius 1 is 1.12 bits per heavy atom. The molecule has 2 amide bonds. The smallest absolute Gasteiger partial charge is 0.281 e. The molecule has 1 fully saturated rings. The summed E-state index contributed by atoms with van der Waals surface area (Å²) in [6.45, 7) is 2.21. The number of nitrogens with one attached hydrogen (secondary N) is 1. The molecule has 0 radical (unpaired) electrons. The number of hydrogen-bond acceptors (Lipinski definition) is 4. The van der Waals surface area contributed by atoms with Gasteiger partial charge in [0.2, 0.25) is 5.91 Å². The Bertz CT molecular complexity index is 926. The van der Waals surface area contributed by atoms with Crippen LogP contribution in [0.4, 0.5) is 10.5 Å². The Kier molecular flexibility index (Phi) is 8.73. The molecule has 0 bridgehead atoms. The number of hydrogen-bond donors (Lipinski definition) is 1. The van der Waals surface area contributed by atoms with Gasteiger partial charge >= 0.3 is 0 Å². The minimum Gasteiger partial charge on any atom is -0.371 e. The summed E-state index contributed by atoms with van der Waals surface area (Å²) in [5.74, 6) is 0.663. The molecule has 1 aliphatic heterocycles. The molecule has 0 aliphatic carbocycles. The lowest BCUT2D eigenvalue weighted by Gasteiger charge is -2.33. The Morgan fingerprint density at radius 2 is 1.78 bits per heavy atom. The Labute approximate surface area is 195 Å². The Morgan fingerprint density at radius 3 is 2.44 bits per heavy atom. The highest BCUT2D eigenvalue weighted by atomic mass is 32.2. The molecule has 0 spiro atoms. The quantitative estimate of drug-likeness (QED) is 0.516. The van der Waals surface area contributed by atoms with Crippen LogP contribution in [-0.4, -0.2) is 55.5 Å². The molecule has 1 unspecified atom stereocenters. The van der Waals surface area contributed by atoms with Crippen molar-refractivity contribution in [1.29, 1.82) is 0 Å². The van der Waals surface area contributed by atoms with Gasteiger partial charge in [-0.15, -0.1) is 0 Å². The maximum atomic E-state index is 12.6. The number of piperidine rings is 1. The van der Waals surface area contributed by atoms with Gasteiger partial charge in [0.15, 0.2) is 12.4 Å². The number of thioether (sulfide) groups is 1. The molecule has 32 heavy (non-hydrogen) atoms. The molecule has 170 valence electrons. The largest absolute Gasteiger partial charge is 0.371 e. The highest BCUT2D eigenvalue weighted by Gasteiger charge is 2.25. The van der Waals surface area contributed by atoms with Crippen LogP contribution in [-0.2, 0) is 11.8 Å². The van der Waals surface area contributed by atoms with Crippen molar-refractivity contribution >= 4 is 40.7 Å². The molecular formula is C25H33N4O2S+. The third-order valence-electron chi connectivity index (χ3n) is 5.51. The van der Waals surface area contributed by atoms with Crippen molar-refractivity contribution < 1.29 is 14.2 Å². The lowest BCUT2D eigenvalue weighted by atomic mass is 9.96. The van der Waals surface area contributed by atoms with Crippen molar-refractivity contribution in [2.75, 3.05) is 44.4 Å². The molecule has 2 aromatic rings. The van der Waals surface area contributed by atoms with Crippen molar-refractivity contribution in [3.63, 3.8) is 0 Å². The van der Waals surface area contributed by atoms with E-state index in [1.807, 2.05) is 24.0 Å². The van der Waals surface area contributed by atoms with E-state index in [9.17, 15) is 9.59 Å². The first-order valence-corrected chi connectivity index (χ1v) is 12.0. The fourth-order valence-electron chi connectivity index (χ4n) is 3.62. The molecule has 1 saturated heterocycles. The van der Waals surface area contributed by atoms with E-state index in [-0.39, 0.29) is 17.1 Å². The molecule has 1 aromatic carbocycles. The van der Waals surface area contributed by atoms with Gasteiger partial charge in [0.25, 0.3) is 5.24 Å². The van der Waals surface area contributed by atoms with Gasteiger partial charge in [-0.1, -0.05) is 36.0 Å². The van der Waals surface area contributed by atoms with E-state index in [2.05, 4.69) is 58.8 Å². The Hall–Kier alpha value is -2.80. The van der Waals surface area contributed by atoms with Crippen LogP contribution in [0.5, 0.6) is 0 Å². The molecule has 1 N–H and O–H groups in total. The molecule has 1 atom stereocenters. The van der Waals surface area contributed by atoms with E-state index < -0.39 is 0 Å². The lowest BCUT2D eigenvalue weighted by Crippen LogP contribution is -2.43. The molecule has 3 rings (SSSR count). The van der Waals surface area contributed by atoms with Crippen molar-refractivity contribution in [3.8, 4) is 0 Å². The molecule has 2 heterocycles. The monoisotopic (exact) mass is 453 g/mol. The summed E-state index contributed by atoms with van der Waals surface area (Å²) < 4.78 is 2.02. The van der Waals surface area contributed by atoms with Crippen LogP contribution in [0.15, 0.2) is 48.8 Å².